The van der Waals surface area contributed by atoms with E-state index >= 15 is 0 Å². The monoisotopic (exact) mass is 377 g/mol. The average Bonchev–Trinajstić information content (AvgIpc) is 3.44. The van der Waals surface area contributed by atoms with E-state index in [-0.39, 0.29) is 5.56 Å². The smallest absolute Gasteiger partial charge is 0.266 e. The maximum Gasteiger partial charge on any atom is 0.266 e. The number of aryl methyl sites for hydroxylation is 2. The molecular weight excluding hydrogens is 354 g/mol. The summed E-state index contributed by atoms with van der Waals surface area (Å²) in [7, 11) is 0. The number of hydrogen-bond acceptors (Lipinski definition) is 6. The fraction of sp³-hybridized carbons (Fsp3) is 0.450. The summed E-state index contributed by atoms with van der Waals surface area (Å²) in [5.74, 6) is 2.66. The zero-order chi connectivity index (χ0) is 19.3. The molecule has 0 radical (unpaired) electrons. The molecule has 4 heterocycles. The zero-order valence-corrected chi connectivity index (χ0v) is 16.1. The third kappa shape index (κ3) is 3.19. The number of anilines is 1. The van der Waals surface area contributed by atoms with Gasteiger partial charge in [0.05, 0.1) is 12.2 Å². The average molecular weight is 377 g/mol. The second kappa shape index (κ2) is 6.54. The SMILES string of the molecule is Cc1cc(C)n(-c2ccc(=O)n(CC3CN(c4cc(C5CC5)ncn4)C3)n2)n1. The van der Waals surface area contributed by atoms with Crippen LogP contribution in [0.3, 0.4) is 0 Å². The molecule has 3 aromatic heterocycles. The van der Waals surface area contributed by atoms with Crippen molar-refractivity contribution in [2.45, 2.75) is 39.2 Å². The Morgan fingerprint density at radius 1 is 1.04 bits per heavy atom. The molecule has 0 amide bonds. The first-order valence-electron chi connectivity index (χ1n) is 9.75. The first-order chi connectivity index (χ1) is 13.6. The zero-order valence-electron chi connectivity index (χ0n) is 16.1. The Labute approximate surface area is 162 Å². The van der Waals surface area contributed by atoms with Crippen LogP contribution in [0, 0.1) is 19.8 Å². The van der Waals surface area contributed by atoms with Gasteiger partial charge >= 0.3 is 0 Å². The summed E-state index contributed by atoms with van der Waals surface area (Å²) in [6.45, 7) is 6.28. The predicted molar refractivity (Wildman–Crippen MR) is 105 cm³/mol. The molecular formula is C20H23N7O. The van der Waals surface area contributed by atoms with Crippen molar-refractivity contribution < 1.29 is 0 Å². The van der Waals surface area contributed by atoms with Gasteiger partial charge in [0.15, 0.2) is 5.82 Å². The lowest BCUT2D eigenvalue weighted by Crippen LogP contribution is -2.50. The van der Waals surface area contributed by atoms with Gasteiger partial charge in [0.1, 0.15) is 12.1 Å². The molecule has 1 saturated heterocycles. The minimum absolute atomic E-state index is 0.0817. The normalized spacial score (nSPS) is 17.0. The summed E-state index contributed by atoms with van der Waals surface area (Å²) in [4.78, 5) is 23.3. The molecule has 0 unspecified atom stereocenters. The summed E-state index contributed by atoms with van der Waals surface area (Å²) in [5.41, 5.74) is 3.01. The minimum atomic E-state index is -0.0817. The van der Waals surface area contributed by atoms with Crippen LogP contribution in [-0.2, 0) is 6.54 Å². The van der Waals surface area contributed by atoms with Gasteiger partial charge in [0.2, 0.25) is 0 Å². The highest BCUT2D eigenvalue weighted by atomic mass is 16.1. The molecule has 2 aliphatic rings. The predicted octanol–water partition coefficient (Wildman–Crippen LogP) is 1.85. The number of hydrogen-bond donors (Lipinski definition) is 0. The second-order valence-electron chi connectivity index (χ2n) is 7.90. The molecule has 3 aromatic rings. The van der Waals surface area contributed by atoms with Crippen molar-refractivity contribution in [2.75, 3.05) is 18.0 Å². The van der Waals surface area contributed by atoms with Crippen molar-refractivity contribution in [3.63, 3.8) is 0 Å². The molecule has 0 N–H and O–H groups in total. The van der Waals surface area contributed by atoms with Crippen LogP contribution in [0.15, 0.2) is 35.4 Å². The summed E-state index contributed by atoms with van der Waals surface area (Å²) in [6, 6.07) is 7.41. The maximum absolute atomic E-state index is 12.3. The van der Waals surface area contributed by atoms with E-state index < -0.39 is 0 Å². The summed E-state index contributed by atoms with van der Waals surface area (Å²) < 4.78 is 3.34. The third-order valence-corrected chi connectivity index (χ3v) is 5.46. The van der Waals surface area contributed by atoms with Gasteiger partial charge in [0, 0.05) is 48.4 Å². The van der Waals surface area contributed by atoms with E-state index in [9.17, 15) is 4.79 Å². The molecule has 0 bridgehead atoms. The fourth-order valence-electron chi connectivity index (χ4n) is 3.80. The molecule has 1 saturated carbocycles. The van der Waals surface area contributed by atoms with Gasteiger partial charge in [0.25, 0.3) is 5.56 Å². The molecule has 0 spiro atoms. The summed E-state index contributed by atoms with van der Waals surface area (Å²) in [6.07, 6.45) is 4.14. The highest BCUT2D eigenvalue weighted by molar-refractivity contribution is 5.43. The van der Waals surface area contributed by atoms with Gasteiger partial charge in [-0.15, -0.1) is 5.10 Å². The standard InChI is InChI=1S/C20H23N7O/c1-13-7-14(2)27(23-13)18-5-6-20(28)26(24-18)11-15-9-25(10-15)19-8-17(16-3-4-16)21-12-22-19/h5-8,12,15-16H,3-4,9-11H2,1-2H3. The first kappa shape index (κ1) is 17.1. The summed E-state index contributed by atoms with van der Waals surface area (Å²) >= 11 is 0. The Balaban J connectivity index is 1.28. The molecule has 1 aliphatic carbocycles. The highest BCUT2D eigenvalue weighted by Crippen LogP contribution is 2.39. The molecule has 28 heavy (non-hydrogen) atoms. The molecule has 2 fully saturated rings. The number of aromatic nitrogens is 6. The topological polar surface area (TPSA) is 81.7 Å². The lowest BCUT2D eigenvalue weighted by molar-refractivity contribution is 0.332. The van der Waals surface area contributed by atoms with Crippen LogP contribution in [0.5, 0.6) is 0 Å². The first-order valence-corrected chi connectivity index (χ1v) is 9.75. The fourth-order valence-corrected chi connectivity index (χ4v) is 3.80. The Hall–Kier alpha value is -3.03. The van der Waals surface area contributed by atoms with Crippen LogP contribution in [0.25, 0.3) is 5.82 Å². The number of rotatable bonds is 5. The minimum Gasteiger partial charge on any atom is -0.356 e. The van der Waals surface area contributed by atoms with E-state index in [4.69, 9.17) is 0 Å². The van der Waals surface area contributed by atoms with Crippen molar-refractivity contribution >= 4 is 5.82 Å². The van der Waals surface area contributed by atoms with Crippen LogP contribution >= 0.6 is 0 Å². The Morgan fingerprint density at radius 3 is 2.57 bits per heavy atom. The molecule has 0 aromatic carbocycles. The van der Waals surface area contributed by atoms with Gasteiger partial charge in [-0.1, -0.05) is 0 Å². The number of nitrogens with zero attached hydrogens (tertiary/aromatic N) is 7. The van der Waals surface area contributed by atoms with Crippen molar-refractivity contribution in [1.29, 1.82) is 0 Å². The van der Waals surface area contributed by atoms with E-state index in [0.29, 0.717) is 24.2 Å². The van der Waals surface area contributed by atoms with Crippen molar-refractivity contribution in [1.82, 2.24) is 29.5 Å². The van der Waals surface area contributed by atoms with Gasteiger partial charge < -0.3 is 4.90 Å². The van der Waals surface area contributed by atoms with Crippen LogP contribution in [0.4, 0.5) is 5.82 Å². The van der Waals surface area contributed by atoms with Gasteiger partial charge in [-0.3, -0.25) is 4.79 Å². The Morgan fingerprint density at radius 2 is 1.86 bits per heavy atom. The van der Waals surface area contributed by atoms with Crippen LogP contribution in [0.2, 0.25) is 0 Å². The molecule has 5 rings (SSSR count). The molecule has 144 valence electrons. The van der Waals surface area contributed by atoms with Crippen molar-refractivity contribution in [3.05, 3.63) is 58.0 Å². The largest absolute Gasteiger partial charge is 0.356 e. The highest BCUT2D eigenvalue weighted by Gasteiger charge is 2.31. The lowest BCUT2D eigenvalue weighted by atomic mass is 10.00. The Kier molecular flexibility index (Phi) is 3.99. The van der Waals surface area contributed by atoms with E-state index in [1.807, 2.05) is 19.9 Å². The van der Waals surface area contributed by atoms with E-state index in [1.54, 1.807) is 27.8 Å². The van der Waals surface area contributed by atoms with E-state index in [2.05, 4.69) is 31.1 Å². The van der Waals surface area contributed by atoms with E-state index in [1.165, 1.54) is 12.8 Å². The van der Waals surface area contributed by atoms with Gasteiger partial charge in [-0.2, -0.15) is 5.10 Å². The molecule has 0 atom stereocenters. The molecule has 1 aliphatic heterocycles. The molecule has 8 heteroatoms. The quantitative estimate of drug-likeness (QED) is 0.675. The Bertz CT molecular complexity index is 1080. The second-order valence-corrected chi connectivity index (χ2v) is 7.90. The van der Waals surface area contributed by atoms with E-state index in [0.717, 1.165) is 36.0 Å². The maximum atomic E-state index is 12.3. The lowest BCUT2D eigenvalue weighted by Gasteiger charge is -2.40. The third-order valence-electron chi connectivity index (χ3n) is 5.46. The van der Waals surface area contributed by atoms with Crippen LogP contribution < -0.4 is 10.5 Å². The van der Waals surface area contributed by atoms with Gasteiger partial charge in [-0.25, -0.2) is 19.3 Å². The van der Waals surface area contributed by atoms with Gasteiger partial charge in [-0.05, 0) is 38.8 Å². The molecule has 8 nitrogen and oxygen atoms in total. The summed E-state index contributed by atoms with van der Waals surface area (Å²) in [5, 5.41) is 9.00. The van der Waals surface area contributed by atoms with Crippen molar-refractivity contribution in [3.8, 4) is 5.82 Å². The van der Waals surface area contributed by atoms with Crippen molar-refractivity contribution in [2.24, 2.45) is 5.92 Å². The van der Waals surface area contributed by atoms with Crippen LogP contribution in [0.1, 0.15) is 35.8 Å². The van der Waals surface area contributed by atoms with Crippen LogP contribution in [-0.4, -0.2) is 42.6 Å².